The van der Waals surface area contributed by atoms with E-state index in [1.807, 2.05) is 6.92 Å². The number of aliphatic imine (C=N–C) groups is 1. The van der Waals surface area contributed by atoms with Gasteiger partial charge >= 0.3 is 6.18 Å². The minimum atomic E-state index is -4.36. The van der Waals surface area contributed by atoms with Crippen LogP contribution in [0, 0.1) is 17.8 Å². The van der Waals surface area contributed by atoms with Crippen LogP contribution < -0.4 is 5.32 Å². The quantitative estimate of drug-likeness (QED) is 0.460. The van der Waals surface area contributed by atoms with Crippen LogP contribution in [0.15, 0.2) is 29.3 Å². The van der Waals surface area contributed by atoms with Crippen molar-refractivity contribution in [2.24, 2.45) is 10.9 Å². The first-order chi connectivity index (χ1) is 14.5. The summed E-state index contributed by atoms with van der Waals surface area (Å²) in [5.74, 6) is 7.08. The normalized spacial score (nSPS) is 20.7. The minimum Gasteiger partial charge on any atom is -0.379 e. The smallest absolute Gasteiger partial charge is 0.379 e. The second-order valence-electron chi connectivity index (χ2n) is 7.56. The van der Waals surface area contributed by atoms with Gasteiger partial charge in [-0.3, -0.25) is 4.90 Å². The molecule has 2 saturated heterocycles. The zero-order valence-corrected chi connectivity index (χ0v) is 17.3. The van der Waals surface area contributed by atoms with Crippen molar-refractivity contribution in [3.63, 3.8) is 0 Å². The van der Waals surface area contributed by atoms with Crippen LogP contribution in [0.4, 0.5) is 13.2 Å². The molecule has 0 spiro atoms. The molecule has 0 amide bonds. The van der Waals surface area contributed by atoms with Gasteiger partial charge in [0, 0.05) is 44.8 Å². The van der Waals surface area contributed by atoms with Crippen LogP contribution in [0.1, 0.15) is 24.5 Å². The van der Waals surface area contributed by atoms with Crippen molar-refractivity contribution >= 4 is 5.96 Å². The van der Waals surface area contributed by atoms with E-state index in [0.29, 0.717) is 11.5 Å². The molecule has 1 aromatic rings. The van der Waals surface area contributed by atoms with Crippen molar-refractivity contribution in [3.05, 3.63) is 35.4 Å². The molecule has 0 radical (unpaired) electrons. The fraction of sp³-hybridized carbons (Fsp3) is 0.591. The maximum absolute atomic E-state index is 12.8. The summed E-state index contributed by atoms with van der Waals surface area (Å²) in [6.07, 6.45) is -3.24. The molecule has 2 aliphatic rings. The van der Waals surface area contributed by atoms with Crippen LogP contribution in [0.3, 0.4) is 0 Å². The summed E-state index contributed by atoms with van der Waals surface area (Å²) < 4.78 is 43.8. The number of guanidine groups is 1. The number of hydrogen-bond donors (Lipinski definition) is 1. The Morgan fingerprint density at radius 2 is 2.07 bits per heavy atom. The Labute approximate surface area is 176 Å². The van der Waals surface area contributed by atoms with Crippen LogP contribution in [0.5, 0.6) is 0 Å². The van der Waals surface area contributed by atoms with Gasteiger partial charge in [0.15, 0.2) is 5.96 Å². The molecule has 2 fully saturated rings. The van der Waals surface area contributed by atoms with Gasteiger partial charge in [-0.2, -0.15) is 13.2 Å². The number of likely N-dealkylation sites (tertiary alicyclic amines) is 1. The third-order valence-corrected chi connectivity index (χ3v) is 5.27. The molecular formula is C22H29F3N4O. The lowest BCUT2D eigenvalue weighted by Crippen LogP contribution is -2.42. The van der Waals surface area contributed by atoms with Gasteiger partial charge in [0.1, 0.15) is 6.54 Å². The Kier molecular flexibility index (Phi) is 8.00. The van der Waals surface area contributed by atoms with Crippen LogP contribution in [0.25, 0.3) is 0 Å². The molecule has 1 aromatic carbocycles. The molecule has 2 aliphatic heterocycles. The Hall–Kier alpha value is -2.24. The van der Waals surface area contributed by atoms with Gasteiger partial charge in [-0.25, -0.2) is 4.99 Å². The highest BCUT2D eigenvalue weighted by atomic mass is 19.4. The fourth-order valence-electron chi connectivity index (χ4n) is 3.78. The Balaban J connectivity index is 1.56. The molecule has 5 nitrogen and oxygen atoms in total. The molecule has 0 aromatic heterocycles. The summed E-state index contributed by atoms with van der Waals surface area (Å²) in [4.78, 5) is 9.28. The number of hydrogen-bond acceptors (Lipinski definition) is 3. The van der Waals surface area contributed by atoms with Gasteiger partial charge < -0.3 is 15.0 Å². The summed E-state index contributed by atoms with van der Waals surface area (Å²) in [5, 5.41) is 3.30. The Morgan fingerprint density at radius 1 is 1.27 bits per heavy atom. The van der Waals surface area contributed by atoms with E-state index in [4.69, 9.17) is 4.74 Å². The van der Waals surface area contributed by atoms with Crippen molar-refractivity contribution < 1.29 is 17.9 Å². The number of benzene rings is 1. The first-order valence-corrected chi connectivity index (χ1v) is 10.4. The van der Waals surface area contributed by atoms with E-state index in [1.54, 1.807) is 6.07 Å². The maximum atomic E-state index is 12.8. The van der Waals surface area contributed by atoms with Gasteiger partial charge in [0.25, 0.3) is 0 Å². The highest BCUT2D eigenvalue weighted by molar-refractivity contribution is 5.80. The Bertz CT molecular complexity index is 779. The largest absolute Gasteiger partial charge is 0.416 e. The molecule has 0 bridgehead atoms. The molecule has 30 heavy (non-hydrogen) atoms. The van der Waals surface area contributed by atoms with Crippen LogP contribution >= 0.6 is 0 Å². The van der Waals surface area contributed by atoms with Crippen LogP contribution in [-0.4, -0.2) is 74.8 Å². The van der Waals surface area contributed by atoms with Gasteiger partial charge in [0.05, 0.1) is 18.8 Å². The predicted octanol–water partition coefficient (Wildman–Crippen LogP) is 2.68. The second kappa shape index (κ2) is 10.7. The van der Waals surface area contributed by atoms with Gasteiger partial charge in [-0.05, 0) is 37.5 Å². The van der Waals surface area contributed by atoms with Gasteiger partial charge in [-0.1, -0.05) is 17.9 Å². The molecule has 1 atom stereocenters. The summed E-state index contributed by atoms with van der Waals surface area (Å²) >= 11 is 0. The number of morpholine rings is 1. The lowest BCUT2D eigenvalue weighted by Gasteiger charge is -2.29. The number of rotatable bonds is 4. The average Bonchev–Trinajstić information content (AvgIpc) is 3.19. The first-order valence-electron chi connectivity index (χ1n) is 10.4. The van der Waals surface area contributed by atoms with E-state index in [-0.39, 0.29) is 6.54 Å². The number of nitrogens with zero attached hydrogens (tertiary/aromatic N) is 3. The number of alkyl halides is 3. The summed E-state index contributed by atoms with van der Waals surface area (Å²) in [6, 6.07) is 5.07. The Morgan fingerprint density at radius 3 is 2.80 bits per heavy atom. The summed E-state index contributed by atoms with van der Waals surface area (Å²) in [7, 11) is 0. The molecule has 1 unspecified atom stereocenters. The third kappa shape index (κ3) is 6.64. The average molecular weight is 422 g/mol. The van der Waals surface area contributed by atoms with Crippen molar-refractivity contribution in [1.82, 2.24) is 15.1 Å². The second-order valence-corrected chi connectivity index (χ2v) is 7.56. The third-order valence-electron chi connectivity index (χ3n) is 5.27. The van der Waals surface area contributed by atoms with Gasteiger partial charge in [0.2, 0.25) is 0 Å². The van der Waals surface area contributed by atoms with E-state index in [0.717, 1.165) is 77.0 Å². The highest BCUT2D eigenvalue weighted by Crippen LogP contribution is 2.29. The van der Waals surface area contributed by atoms with E-state index in [1.165, 1.54) is 6.07 Å². The number of halogens is 3. The molecule has 0 aliphatic carbocycles. The number of nitrogens with one attached hydrogen (secondary N) is 1. The molecule has 3 rings (SSSR count). The van der Waals surface area contributed by atoms with Crippen molar-refractivity contribution in [2.75, 3.05) is 59.0 Å². The zero-order chi connectivity index (χ0) is 21.4. The first kappa shape index (κ1) is 22.4. The molecule has 164 valence electrons. The topological polar surface area (TPSA) is 40.1 Å². The van der Waals surface area contributed by atoms with Crippen molar-refractivity contribution in [3.8, 4) is 11.8 Å². The molecule has 8 heteroatoms. The lowest BCUT2D eigenvalue weighted by molar-refractivity contribution is -0.137. The molecule has 0 saturated carbocycles. The predicted molar refractivity (Wildman–Crippen MR) is 111 cm³/mol. The van der Waals surface area contributed by atoms with Crippen molar-refractivity contribution in [2.45, 2.75) is 19.5 Å². The highest BCUT2D eigenvalue weighted by Gasteiger charge is 2.30. The van der Waals surface area contributed by atoms with E-state index in [9.17, 15) is 13.2 Å². The molecule has 2 heterocycles. The van der Waals surface area contributed by atoms with Crippen molar-refractivity contribution in [1.29, 1.82) is 0 Å². The lowest BCUT2D eigenvalue weighted by atomic mass is 10.1. The van der Waals surface area contributed by atoms with Crippen LogP contribution in [0.2, 0.25) is 0 Å². The summed E-state index contributed by atoms with van der Waals surface area (Å²) in [6.45, 7) is 9.60. The van der Waals surface area contributed by atoms with Gasteiger partial charge in [-0.15, -0.1) is 0 Å². The molecular weight excluding hydrogens is 393 g/mol. The molecule has 1 N–H and O–H groups in total. The van der Waals surface area contributed by atoms with E-state index < -0.39 is 11.7 Å². The van der Waals surface area contributed by atoms with E-state index >= 15 is 0 Å². The fourth-order valence-corrected chi connectivity index (χ4v) is 3.78. The SMILES string of the molecule is CCNC(=NCC#Cc1cccc(C(F)(F)F)c1)N1CCC(CN2CCOCC2)C1. The zero-order valence-electron chi connectivity index (χ0n) is 17.3. The number of ether oxygens (including phenoxy) is 1. The van der Waals surface area contributed by atoms with E-state index in [2.05, 4.69) is 31.9 Å². The monoisotopic (exact) mass is 422 g/mol. The van der Waals surface area contributed by atoms with Crippen LogP contribution in [-0.2, 0) is 10.9 Å². The maximum Gasteiger partial charge on any atom is 0.416 e. The summed E-state index contributed by atoms with van der Waals surface area (Å²) in [5.41, 5.74) is -0.341. The minimum absolute atomic E-state index is 0.239. The standard InChI is InChI=1S/C22H29F3N4O/c1-2-26-21(29-10-8-19(17-29)16-28-11-13-30-14-12-28)27-9-4-6-18-5-3-7-20(15-18)22(23,24)25/h3,5,7,15,19H,2,8-14,16-17H2,1H3,(H,26,27).